The Morgan fingerprint density at radius 3 is 2.43 bits per heavy atom. The molecule has 7 rings (SSSR count). The molecule has 224 valence electrons. The van der Waals surface area contributed by atoms with Crippen LogP contribution in [-0.2, 0) is 4.74 Å². The van der Waals surface area contributed by atoms with Gasteiger partial charge in [0.1, 0.15) is 11.4 Å². The number of halogens is 1. The van der Waals surface area contributed by atoms with Crippen molar-refractivity contribution >= 4 is 55.8 Å². The van der Waals surface area contributed by atoms with E-state index >= 15 is 4.39 Å². The van der Waals surface area contributed by atoms with Crippen molar-refractivity contribution < 1.29 is 18.7 Å². The Labute approximate surface area is 258 Å². The van der Waals surface area contributed by atoms with E-state index in [0.717, 1.165) is 32.5 Å². The van der Waals surface area contributed by atoms with Crippen LogP contribution in [-0.4, -0.2) is 63.5 Å². The Morgan fingerprint density at radius 2 is 1.68 bits per heavy atom. The van der Waals surface area contributed by atoms with Crippen LogP contribution in [0.25, 0.3) is 32.2 Å². The molecule has 2 fully saturated rings. The van der Waals surface area contributed by atoms with E-state index in [-0.39, 0.29) is 23.8 Å². The maximum Gasteiger partial charge on any atom is 0.410 e. The van der Waals surface area contributed by atoms with Crippen molar-refractivity contribution in [3.05, 3.63) is 83.8 Å². The molecule has 0 bridgehead atoms. The number of anilines is 2. The van der Waals surface area contributed by atoms with Gasteiger partial charge in [-0.25, -0.2) is 14.2 Å². The molecule has 5 aromatic rings. The average Bonchev–Trinajstić information content (AvgIpc) is 3.71. The number of nitrogens with one attached hydrogen (secondary N) is 1. The van der Waals surface area contributed by atoms with Gasteiger partial charge >= 0.3 is 6.09 Å². The number of benzene rings is 3. The lowest BCUT2D eigenvalue weighted by Gasteiger charge is -2.26. The highest BCUT2D eigenvalue weighted by Gasteiger charge is 2.44. The lowest BCUT2D eigenvalue weighted by atomic mass is 10.0. The fourth-order valence-corrected chi connectivity index (χ4v) is 6.87. The Kier molecular flexibility index (Phi) is 6.96. The summed E-state index contributed by atoms with van der Waals surface area (Å²) in [6.45, 7) is 7.75. The molecule has 2 aromatic heterocycles. The van der Waals surface area contributed by atoms with Crippen molar-refractivity contribution in [3.8, 4) is 11.1 Å². The zero-order valence-electron chi connectivity index (χ0n) is 24.7. The Morgan fingerprint density at radius 1 is 0.909 bits per heavy atom. The summed E-state index contributed by atoms with van der Waals surface area (Å²) in [5, 5.41) is 4.37. The highest BCUT2D eigenvalue weighted by Crippen LogP contribution is 2.35. The number of carbonyl (C=O) groups is 2. The molecule has 44 heavy (non-hydrogen) atoms. The van der Waals surface area contributed by atoms with Crippen LogP contribution in [0.2, 0.25) is 0 Å². The molecule has 3 aromatic carbocycles. The molecule has 1 N–H and O–H groups in total. The summed E-state index contributed by atoms with van der Waals surface area (Å²) in [4.78, 5) is 38.3. The summed E-state index contributed by atoms with van der Waals surface area (Å²) >= 11 is 1.60. The average molecular weight is 610 g/mol. The van der Waals surface area contributed by atoms with Gasteiger partial charge in [-0.1, -0.05) is 18.2 Å². The molecule has 0 saturated carbocycles. The van der Waals surface area contributed by atoms with E-state index in [4.69, 9.17) is 4.74 Å². The number of carbonyl (C=O) groups excluding carboxylic acids is 2. The van der Waals surface area contributed by atoms with Gasteiger partial charge in [-0.05, 0) is 68.8 Å². The molecule has 0 radical (unpaired) electrons. The van der Waals surface area contributed by atoms with Crippen molar-refractivity contribution in [2.24, 2.45) is 11.8 Å². The molecular weight excluding hydrogens is 577 g/mol. The number of thiazole rings is 1. The number of hydrogen-bond acceptors (Lipinski definition) is 7. The molecule has 2 saturated heterocycles. The third-order valence-electron chi connectivity index (χ3n) is 8.30. The minimum absolute atomic E-state index is 0.190. The van der Waals surface area contributed by atoms with Crippen molar-refractivity contribution in [1.29, 1.82) is 0 Å². The normalized spacial score (nSPS) is 18.2. The van der Waals surface area contributed by atoms with E-state index in [1.807, 2.05) is 68.7 Å². The Bertz CT molecular complexity index is 1900. The van der Waals surface area contributed by atoms with Gasteiger partial charge in [0.15, 0.2) is 0 Å². The van der Waals surface area contributed by atoms with E-state index in [0.29, 0.717) is 42.9 Å². The van der Waals surface area contributed by atoms with Crippen LogP contribution in [0.3, 0.4) is 0 Å². The van der Waals surface area contributed by atoms with Gasteiger partial charge in [-0.15, -0.1) is 11.3 Å². The maximum atomic E-state index is 15.5. The molecule has 10 heteroatoms. The number of pyridine rings is 1. The number of ether oxygens (including phenoxy) is 1. The third kappa shape index (κ3) is 5.45. The highest BCUT2D eigenvalue weighted by atomic mass is 32.1. The fraction of sp³-hybridized carbons (Fsp3) is 0.294. The predicted molar refractivity (Wildman–Crippen MR) is 171 cm³/mol. The van der Waals surface area contributed by atoms with Crippen molar-refractivity contribution in [1.82, 2.24) is 19.8 Å². The molecule has 2 atom stereocenters. The van der Waals surface area contributed by atoms with Gasteiger partial charge in [0.25, 0.3) is 5.91 Å². The lowest BCUT2D eigenvalue weighted by molar-refractivity contribution is 0.0275. The van der Waals surface area contributed by atoms with Crippen molar-refractivity contribution in [3.63, 3.8) is 0 Å². The fourth-order valence-electron chi connectivity index (χ4n) is 6.22. The topological polar surface area (TPSA) is 87.7 Å². The maximum absolute atomic E-state index is 15.5. The summed E-state index contributed by atoms with van der Waals surface area (Å²) in [7, 11) is 0. The molecule has 2 amide bonds. The zero-order chi connectivity index (χ0) is 30.6. The van der Waals surface area contributed by atoms with Crippen LogP contribution in [0, 0.1) is 17.7 Å². The number of likely N-dealkylation sites (tertiary alicyclic amines) is 2. The third-order valence-corrected chi connectivity index (χ3v) is 9.11. The monoisotopic (exact) mass is 609 g/mol. The SMILES string of the molecule is CC(C)(C)OC(=O)N1CC2CN(C(=O)c3ccc(-c4ccc5c(Nc6ccc7scnc7c6)ccnc5c4)c(F)c3)CC2C1. The van der Waals surface area contributed by atoms with Gasteiger partial charge in [-0.2, -0.15) is 0 Å². The number of fused-ring (bicyclic) bond motifs is 3. The van der Waals surface area contributed by atoms with Gasteiger partial charge in [0.2, 0.25) is 0 Å². The second kappa shape index (κ2) is 10.9. The molecule has 8 nitrogen and oxygen atoms in total. The first-order valence-corrected chi connectivity index (χ1v) is 15.6. The number of nitrogens with zero attached hydrogens (tertiary/aromatic N) is 4. The molecule has 2 unspecified atom stereocenters. The van der Waals surface area contributed by atoms with E-state index in [2.05, 4.69) is 15.3 Å². The molecule has 0 aliphatic carbocycles. The predicted octanol–water partition coefficient (Wildman–Crippen LogP) is 7.33. The number of hydrogen-bond donors (Lipinski definition) is 1. The second-order valence-electron chi connectivity index (χ2n) is 12.6. The molecule has 0 spiro atoms. The number of amides is 2. The van der Waals surface area contributed by atoms with E-state index < -0.39 is 11.4 Å². The number of rotatable bonds is 4. The van der Waals surface area contributed by atoms with Gasteiger partial charge in [0.05, 0.1) is 21.2 Å². The minimum atomic E-state index is -0.547. The van der Waals surface area contributed by atoms with Crippen molar-refractivity contribution in [2.45, 2.75) is 26.4 Å². The summed E-state index contributed by atoms with van der Waals surface area (Å²) in [5.41, 5.74) is 6.17. The molecular formula is C34H32FN5O3S. The first-order chi connectivity index (χ1) is 21.1. The van der Waals surface area contributed by atoms with Gasteiger partial charge < -0.3 is 19.9 Å². The first-order valence-electron chi connectivity index (χ1n) is 14.7. The van der Waals surface area contributed by atoms with E-state index in [9.17, 15) is 9.59 Å². The van der Waals surface area contributed by atoms with Crippen LogP contribution >= 0.6 is 11.3 Å². The lowest BCUT2D eigenvalue weighted by Crippen LogP contribution is -2.38. The summed E-state index contributed by atoms with van der Waals surface area (Å²) < 4.78 is 22.1. The van der Waals surface area contributed by atoms with E-state index in [1.165, 1.54) is 6.07 Å². The van der Waals surface area contributed by atoms with Crippen LogP contribution in [0.1, 0.15) is 31.1 Å². The second-order valence-corrected chi connectivity index (χ2v) is 13.4. The Balaban J connectivity index is 1.05. The summed E-state index contributed by atoms with van der Waals surface area (Å²) in [6, 6.07) is 18.3. The van der Waals surface area contributed by atoms with Crippen LogP contribution in [0.5, 0.6) is 0 Å². The summed E-state index contributed by atoms with van der Waals surface area (Å²) in [6.07, 6.45) is 1.42. The minimum Gasteiger partial charge on any atom is -0.444 e. The summed E-state index contributed by atoms with van der Waals surface area (Å²) in [5.74, 6) is -0.275. The quantitative estimate of drug-likeness (QED) is 0.230. The van der Waals surface area contributed by atoms with E-state index in [1.54, 1.807) is 39.5 Å². The van der Waals surface area contributed by atoms with Gasteiger partial charge in [-0.3, -0.25) is 9.78 Å². The standard InChI is InChI=1S/C34H32FN5O3S/c1-34(2,3)43-33(42)40-17-22-15-39(16-23(22)18-40)32(41)21-5-7-25(27(35)12-21)20-4-8-26-28(10-11-36-29(26)13-20)38-24-6-9-31-30(14-24)37-19-44-31/h4-14,19,22-23H,15-18H2,1-3H3,(H,36,38). The largest absolute Gasteiger partial charge is 0.444 e. The Hall–Kier alpha value is -4.57. The van der Waals surface area contributed by atoms with Gasteiger partial charge in [0, 0.05) is 72.1 Å². The van der Waals surface area contributed by atoms with Crippen LogP contribution in [0.15, 0.2) is 72.4 Å². The first kappa shape index (κ1) is 28.2. The highest BCUT2D eigenvalue weighted by molar-refractivity contribution is 7.16. The number of aromatic nitrogens is 2. The molecule has 2 aliphatic rings. The smallest absolute Gasteiger partial charge is 0.410 e. The van der Waals surface area contributed by atoms with Crippen molar-refractivity contribution in [2.75, 3.05) is 31.5 Å². The van der Waals surface area contributed by atoms with Crippen LogP contribution in [0.4, 0.5) is 20.6 Å². The zero-order valence-corrected chi connectivity index (χ0v) is 25.5. The molecule has 4 heterocycles. The molecule has 2 aliphatic heterocycles. The van der Waals surface area contributed by atoms with Crippen LogP contribution < -0.4 is 5.32 Å².